The van der Waals surface area contributed by atoms with Crippen LogP contribution in [0.25, 0.3) is 5.69 Å². The molecule has 1 fully saturated rings. The van der Waals surface area contributed by atoms with Crippen LogP contribution in [0.1, 0.15) is 39.3 Å². The fraction of sp³-hybridized carbons (Fsp3) is 0.500. The second-order valence-electron chi connectivity index (χ2n) is 7.38. The highest BCUT2D eigenvalue weighted by Gasteiger charge is 2.29. The van der Waals surface area contributed by atoms with Gasteiger partial charge < -0.3 is 15.7 Å². The molecule has 1 aromatic carbocycles. The van der Waals surface area contributed by atoms with Crippen LogP contribution in [0.15, 0.2) is 30.5 Å². The standard InChI is InChI=1S/C18H26N4O/c1-18(2,3)17-16(21-10-8-13(19)9-11-21)12-20-22(17)14-4-6-15(23)7-5-14/h4-7,12-13,23H,8-11,19H2,1-3H3. The number of aromatic nitrogens is 2. The summed E-state index contributed by atoms with van der Waals surface area (Å²) in [5, 5.41) is 14.2. The highest BCUT2D eigenvalue weighted by molar-refractivity contribution is 5.56. The summed E-state index contributed by atoms with van der Waals surface area (Å²) in [7, 11) is 0. The molecule has 2 heterocycles. The van der Waals surface area contributed by atoms with Crippen LogP contribution in [0.4, 0.5) is 5.69 Å². The van der Waals surface area contributed by atoms with E-state index >= 15 is 0 Å². The Kier molecular flexibility index (Phi) is 4.06. The van der Waals surface area contributed by atoms with Gasteiger partial charge in [0.2, 0.25) is 0 Å². The number of anilines is 1. The van der Waals surface area contributed by atoms with Crippen molar-refractivity contribution in [2.24, 2.45) is 5.73 Å². The molecule has 2 aromatic rings. The van der Waals surface area contributed by atoms with Crippen molar-refractivity contribution < 1.29 is 5.11 Å². The lowest BCUT2D eigenvalue weighted by Crippen LogP contribution is -2.40. The molecule has 0 atom stereocenters. The molecule has 0 radical (unpaired) electrons. The Hall–Kier alpha value is -2.01. The molecule has 0 amide bonds. The minimum atomic E-state index is -0.0384. The van der Waals surface area contributed by atoms with Crippen LogP contribution in [0.5, 0.6) is 5.75 Å². The average molecular weight is 314 g/mol. The lowest BCUT2D eigenvalue weighted by atomic mass is 9.90. The molecule has 124 valence electrons. The summed E-state index contributed by atoms with van der Waals surface area (Å²) in [6.45, 7) is 8.58. The molecule has 5 nitrogen and oxygen atoms in total. The molecular formula is C18H26N4O. The van der Waals surface area contributed by atoms with Crippen LogP contribution in [-0.2, 0) is 5.41 Å². The van der Waals surface area contributed by atoms with Gasteiger partial charge in [-0.05, 0) is 37.1 Å². The molecule has 5 heteroatoms. The van der Waals surface area contributed by atoms with Gasteiger partial charge in [-0.15, -0.1) is 0 Å². The molecule has 23 heavy (non-hydrogen) atoms. The van der Waals surface area contributed by atoms with Crippen LogP contribution in [-0.4, -0.2) is 34.0 Å². The molecule has 3 rings (SSSR count). The average Bonchev–Trinajstić information content (AvgIpc) is 2.94. The van der Waals surface area contributed by atoms with Crippen molar-refractivity contribution >= 4 is 5.69 Å². The van der Waals surface area contributed by atoms with E-state index in [1.54, 1.807) is 12.1 Å². The van der Waals surface area contributed by atoms with Gasteiger partial charge >= 0.3 is 0 Å². The molecule has 1 aliphatic heterocycles. The van der Waals surface area contributed by atoms with Gasteiger partial charge in [0.25, 0.3) is 0 Å². The number of rotatable bonds is 2. The summed E-state index contributed by atoms with van der Waals surface area (Å²) in [6.07, 6.45) is 4.01. The zero-order chi connectivity index (χ0) is 16.6. The van der Waals surface area contributed by atoms with Gasteiger partial charge in [0.1, 0.15) is 5.75 Å². The number of aromatic hydroxyl groups is 1. The highest BCUT2D eigenvalue weighted by Crippen LogP contribution is 2.35. The Morgan fingerprint density at radius 3 is 2.30 bits per heavy atom. The molecule has 0 aliphatic carbocycles. The Labute approximate surface area is 137 Å². The van der Waals surface area contributed by atoms with Crippen molar-refractivity contribution in [2.75, 3.05) is 18.0 Å². The fourth-order valence-electron chi connectivity index (χ4n) is 3.20. The molecule has 3 N–H and O–H groups in total. The van der Waals surface area contributed by atoms with Gasteiger partial charge in [0.15, 0.2) is 0 Å². The quantitative estimate of drug-likeness (QED) is 0.894. The summed E-state index contributed by atoms with van der Waals surface area (Å²) in [5.74, 6) is 0.267. The minimum Gasteiger partial charge on any atom is -0.508 e. The number of piperidine rings is 1. The Morgan fingerprint density at radius 1 is 1.13 bits per heavy atom. The van der Waals surface area contributed by atoms with E-state index in [1.165, 1.54) is 11.4 Å². The predicted octanol–water partition coefficient (Wildman–Crippen LogP) is 2.80. The van der Waals surface area contributed by atoms with Crippen LogP contribution >= 0.6 is 0 Å². The third-order valence-corrected chi connectivity index (χ3v) is 4.43. The Bertz CT molecular complexity index is 661. The number of phenolic OH excluding ortho intramolecular Hbond substituents is 1. The van der Waals surface area contributed by atoms with Crippen molar-refractivity contribution in [3.05, 3.63) is 36.2 Å². The van der Waals surface area contributed by atoms with Crippen LogP contribution in [0.2, 0.25) is 0 Å². The first kappa shape index (κ1) is 15.9. The summed E-state index contributed by atoms with van der Waals surface area (Å²) in [5.41, 5.74) is 9.35. The van der Waals surface area contributed by atoms with E-state index in [4.69, 9.17) is 5.73 Å². The van der Waals surface area contributed by atoms with Crippen molar-refractivity contribution in [1.82, 2.24) is 9.78 Å². The van der Waals surface area contributed by atoms with Gasteiger partial charge in [-0.1, -0.05) is 20.8 Å². The monoisotopic (exact) mass is 314 g/mol. The molecule has 0 spiro atoms. The zero-order valence-electron chi connectivity index (χ0n) is 14.2. The van der Waals surface area contributed by atoms with Crippen molar-refractivity contribution in [1.29, 1.82) is 0 Å². The number of hydrogen-bond donors (Lipinski definition) is 2. The molecule has 1 saturated heterocycles. The summed E-state index contributed by atoms with van der Waals surface area (Å²) < 4.78 is 1.99. The van der Waals surface area contributed by atoms with E-state index in [0.717, 1.165) is 31.6 Å². The fourth-order valence-corrected chi connectivity index (χ4v) is 3.20. The SMILES string of the molecule is CC(C)(C)c1c(N2CCC(N)CC2)cnn1-c1ccc(O)cc1. The predicted molar refractivity (Wildman–Crippen MR) is 93.4 cm³/mol. The Balaban J connectivity index is 2.03. The second-order valence-corrected chi connectivity index (χ2v) is 7.38. The van der Waals surface area contributed by atoms with Crippen LogP contribution < -0.4 is 10.6 Å². The normalized spacial score (nSPS) is 16.8. The van der Waals surface area contributed by atoms with Crippen molar-refractivity contribution in [3.8, 4) is 11.4 Å². The highest BCUT2D eigenvalue weighted by atomic mass is 16.3. The van der Waals surface area contributed by atoms with Crippen LogP contribution in [0, 0.1) is 0 Å². The maximum absolute atomic E-state index is 9.52. The van der Waals surface area contributed by atoms with E-state index in [9.17, 15) is 5.11 Å². The van der Waals surface area contributed by atoms with E-state index < -0.39 is 0 Å². The van der Waals surface area contributed by atoms with Crippen molar-refractivity contribution in [2.45, 2.75) is 45.1 Å². The first-order chi connectivity index (χ1) is 10.9. The third kappa shape index (κ3) is 3.20. The minimum absolute atomic E-state index is 0.0384. The number of hydrogen-bond acceptors (Lipinski definition) is 4. The third-order valence-electron chi connectivity index (χ3n) is 4.43. The van der Waals surface area contributed by atoms with Gasteiger partial charge in [-0.3, -0.25) is 0 Å². The zero-order valence-corrected chi connectivity index (χ0v) is 14.2. The first-order valence-electron chi connectivity index (χ1n) is 8.24. The smallest absolute Gasteiger partial charge is 0.115 e. The summed E-state index contributed by atoms with van der Waals surface area (Å²) >= 11 is 0. The van der Waals surface area contributed by atoms with Gasteiger partial charge in [-0.25, -0.2) is 4.68 Å². The number of phenols is 1. The molecule has 0 bridgehead atoms. The number of nitrogens with two attached hydrogens (primary N) is 1. The van der Waals surface area contributed by atoms with E-state index in [0.29, 0.717) is 6.04 Å². The molecule has 1 aromatic heterocycles. The topological polar surface area (TPSA) is 67.3 Å². The Morgan fingerprint density at radius 2 is 1.74 bits per heavy atom. The number of nitrogens with zero attached hydrogens (tertiary/aromatic N) is 3. The largest absolute Gasteiger partial charge is 0.508 e. The van der Waals surface area contributed by atoms with Gasteiger partial charge in [0.05, 0.1) is 23.3 Å². The molecular weight excluding hydrogens is 288 g/mol. The van der Waals surface area contributed by atoms with E-state index in [1.807, 2.05) is 23.0 Å². The summed E-state index contributed by atoms with van der Waals surface area (Å²) in [4.78, 5) is 2.40. The van der Waals surface area contributed by atoms with Gasteiger partial charge in [0, 0.05) is 24.5 Å². The first-order valence-corrected chi connectivity index (χ1v) is 8.24. The second kappa shape index (κ2) is 5.89. The number of benzene rings is 1. The molecule has 0 unspecified atom stereocenters. The van der Waals surface area contributed by atoms with Crippen molar-refractivity contribution in [3.63, 3.8) is 0 Å². The maximum Gasteiger partial charge on any atom is 0.115 e. The molecule has 0 saturated carbocycles. The maximum atomic E-state index is 9.52. The van der Waals surface area contributed by atoms with E-state index in [-0.39, 0.29) is 11.2 Å². The van der Waals surface area contributed by atoms with Crippen LogP contribution in [0.3, 0.4) is 0 Å². The summed E-state index contributed by atoms with van der Waals surface area (Å²) in [6, 6.07) is 7.50. The lowest BCUT2D eigenvalue weighted by Gasteiger charge is -2.34. The van der Waals surface area contributed by atoms with Gasteiger partial charge in [-0.2, -0.15) is 5.10 Å². The molecule has 1 aliphatic rings. The lowest BCUT2D eigenvalue weighted by molar-refractivity contribution is 0.475. The van der Waals surface area contributed by atoms with E-state index in [2.05, 4.69) is 30.8 Å².